The van der Waals surface area contributed by atoms with Crippen LogP contribution in [0.4, 0.5) is 5.95 Å². The van der Waals surface area contributed by atoms with E-state index >= 15 is 0 Å². The van der Waals surface area contributed by atoms with E-state index in [-0.39, 0.29) is 23.7 Å². The van der Waals surface area contributed by atoms with Gasteiger partial charge in [0.2, 0.25) is 5.95 Å². The van der Waals surface area contributed by atoms with Gasteiger partial charge in [-0.25, -0.2) is 9.36 Å². The third kappa shape index (κ3) is 2.26. The Morgan fingerprint density at radius 3 is 2.67 bits per heavy atom. The molecule has 3 rings (SSSR count). The number of ether oxygens (including phenoxy) is 1. The van der Waals surface area contributed by atoms with Crippen LogP contribution in [-0.2, 0) is 11.3 Å². The highest BCUT2D eigenvalue weighted by molar-refractivity contribution is 5.71. The van der Waals surface area contributed by atoms with Crippen molar-refractivity contribution in [3.05, 3.63) is 33.5 Å². The highest BCUT2D eigenvalue weighted by Gasteiger charge is 2.45. The lowest BCUT2D eigenvalue weighted by Gasteiger charge is -2.15. The first kappa shape index (κ1) is 16.4. The van der Waals surface area contributed by atoms with Gasteiger partial charge >= 0.3 is 5.69 Å². The average Bonchev–Trinajstić information content (AvgIpc) is 2.96. The number of fused-ring (bicyclic) bond motifs is 1. The quantitative estimate of drug-likeness (QED) is 0.374. The molecule has 6 N–H and O–H groups in total. The van der Waals surface area contributed by atoms with Crippen molar-refractivity contribution in [3.63, 3.8) is 0 Å². The van der Waals surface area contributed by atoms with Gasteiger partial charge in [0.05, 0.1) is 6.61 Å². The minimum absolute atomic E-state index is 0.0197. The number of hydrogen-bond donors (Lipinski definition) is 5. The van der Waals surface area contributed by atoms with Crippen molar-refractivity contribution in [1.82, 2.24) is 19.1 Å². The first-order valence-electron chi connectivity index (χ1n) is 7.14. The predicted molar refractivity (Wildman–Crippen MR) is 82.2 cm³/mol. The maximum absolute atomic E-state index is 12.7. The van der Waals surface area contributed by atoms with Gasteiger partial charge in [-0.3, -0.25) is 14.3 Å². The Balaban J connectivity index is 2.29. The van der Waals surface area contributed by atoms with E-state index < -0.39 is 42.4 Å². The molecule has 1 fully saturated rings. The number of hydrogen-bond acceptors (Lipinski definition) is 8. The van der Waals surface area contributed by atoms with Crippen LogP contribution in [0, 0.1) is 0 Å². The van der Waals surface area contributed by atoms with Crippen LogP contribution in [0.1, 0.15) is 6.23 Å². The van der Waals surface area contributed by atoms with Gasteiger partial charge in [0.1, 0.15) is 18.3 Å². The highest BCUT2D eigenvalue weighted by Crippen LogP contribution is 2.30. The van der Waals surface area contributed by atoms with Crippen molar-refractivity contribution < 1.29 is 20.1 Å². The smallest absolute Gasteiger partial charge is 0.333 e. The molecule has 0 aliphatic carbocycles. The molecule has 2 aromatic heterocycles. The molecule has 1 saturated heterocycles. The van der Waals surface area contributed by atoms with E-state index in [0.29, 0.717) is 0 Å². The van der Waals surface area contributed by atoms with Gasteiger partial charge in [0.15, 0.2) is 17.4 Å². The molecular formula is C13H17N5O6. The number of nitrogen functional groups attached to an aromatic ring is 1. The van der Waals surface area contributed by atoms with E-state index in [0.717, 1.165) is 9.13 Å². The monoisotopic (exact) mass is 339 g/mol. The van der Waals surface area contributed by atoms with Gasteiger partial charge in [-0.2, -0.15) is 4.98 Å². The molecule has 0 amide bonds. The van der Waals surface area contributed by atoms with Gasteiger partial charge in [-0.05, 0) is 0 Å². The highest BCUT2D eigenvalue weighted by atomic mass is 16.6. The number of aliphatic hydroxyl groups is 3. The minimum Gasteiger partial charge on any atom is -0.394 e. The Hall–Kier alpha value is -2.47. The molecule has 0 radical (unpaired) electrons. The summed E-state index contributed by atoms with van der Waals surface area (Å²) in [6, 6.07) is 0. The van der Waals surface area contributed by atoms with Crippen molar-refractivity contribution in [1.29, 1.82) is 0 Å². The largest absolute Gasteiger partial charge is 0.394 e. The normalized spacial score (nSPS) is 27.0. The lowest BCUT2D eigenvalue weighted by molar-refractivity contribution is -0.0527. The Morgan fingerprint density at radius 2 is 2.08 bits per heavy atom. The van der Waals surface area contributed by atoms with E-state index in [1.807, 2.05) is 0 Å². The van der Waals surface area contributed by atoms with Crippen LogP contribution in [0.5, 0.6) is 0 Å². The minimum atomic E-state index is -1.50. The number of nitrogens with one attached hydrogen (secondary N) is 1. The second-order valence-corrected chi connectivity index (χ2v) is 5.40. The number of anilines is 1. The summed E-state index contributed by atoms with van der Waals surface area (Å²) in [4.78, 5) is 31.1. The van der Waals surface area contributed by atoms with Crippen LogP contribution in [0.3, 0.4) is 0 Å². The summed E-state index contributed by atoms with van der Waals surface area (Å²) in [6.07, 6.45) is -3.88. The molecule has 0 spiro atoms. The van der Waals surface area contributed by atoms with Crippen molar-refractivity contribution >= 4 is 17.1 Å². The molecule has 0 saturated carbocycles. The number of nitrogens with two attached hydrogens (primary N) is 1. The summed E-state index contributed by atoms with van der Waals surface area (Å²) in [7, 11) is 0. The molecule has 0 unspecified atom stereocenters. The number of nitrogens with zero attached hydrogens (tertiary/aromatic N) is 3. The second-order valence-electron chi connectivity index (χ2n) is 5.40. The third-order valence-electron chi connectivity index (χ3n) is 3.91. The molecule has 130 valence electrons. The average molecular weight is 339 g/mol. The van der Waals surface area contributed by atoms with Gasteiger partial charge in [-0.15, -0.1) is 6.58 Å². The van der Waals surface area contributed by atoms with Crippen LogP contribution in [0.15, 0.2) is 22.2 Å². The Bertz CT molecular complexity index is 899. The van der Waals surface area contributed by atoms with Crippen LogP contribution in [0.2, 0.25) is 0 Å². The zero-order valence-electron chi connectivity index (χ0n) is 12.5. The van der Waals surface area contributed by atoms with Gasteiger partial charge in [-0.1, -0.05) is 6.08 Å². The lowest BCUT2D eigenvalue weighted by Crippen LogP contribution is -2.36. The number of rotatable bonds is 4. The van der Waals surface area contributed by atoms with E-state index in [1.54, 1.807) is 0 Å². The molecule has 4 atom stereocenters. The number of imidazole rings is 1. The topological polar surface area (TPSA) is 169 Å². The van der Waals surface area contributed by atoms with Gasteiger partial charge in [0.25, 0.3) is 5.56 Å². The maximum Gasteiger partial charge on any atom is 0.333 e. The van der Waals surface area contributed by atoms with E-state index in [2.05, 4.69) is 16.5 Å². The fourth-order valence-corrected chi connectivity index (χ4v) is 2.82. The molecule has 11 nitrogen and oxygen atoms in total. The van der Waals surface area contributed by atoms with Gasteiger partial charge in [0, 0.05) is 6.54 Å². The maximum atomic E-state index is 12.7. The fourth-order valence-electron chi connectivity index (χ4n) is 2.82. The van der Waals surface area contributed by atoms with E-state index in [1.165, 1.54) is 6.08 Å². The molecule has 1 aliphatic rings. The Kier molecular flexibility index (Phi) is 4.01. The number of allylic oxidation sites excluding steroid dienone is 1. The summed E-state index contributed by atoms with van der Waals surface area (Å²) in [6.45, 7) is 3.00. The summed E-state index contributed by atoms with van der Waals surface area (Å²) in [5.41, 5.74) is 4.05. The summed E-state index contributed by atoms with van der Waals surface area (Å²) in [5, 5.41) is 29.2. The molecule has 11 heteroatoms. The van der Waals surface area contributed by atoms with Crippen LogP contribution in [0.25, 0.3) is 11.2 Å². The SMILES string of the molecule is C=CCn1c(=O)n([C@@H]2O[C@@H](CO)[C@H](O)[C@H]2O)c2nc(N)[nH]c(=O)c21. The molecule has 2 aromatic rings. The lowest BCUT2D eigenvalue weighted by atomic mass is 10.1. The summed E-state index contributed by atoms with van der Waals surface area (Å²) >= 11 is 0. The van der Waals surface area contributed by atoms with Crippen molar-refractivity contribution in [3.8, 4) is 0 Å². The zero-order valence-corrected chi connectivity index (χ0v) is 12.5. The summed E-state index contributed by atoms with van der Waals surface area (Å²) in [5.74, 6) is -0.219. The van der Waals surface area contributed by atoms with E-state index in [4.69, 9.17) is 10.5 Å². The Labute approximate surface area is 134 Å². The zero-order chi connectivity index (χ0) is 17.6. The number of aliphatic hydroxyl groups excluding tert-OH is 3. The first-order valence-corrected chi connectivity index (χ1v) is 7.14. The van der Waals surface area contributed by atoms with Crippen LogP contribution >= 0.6 is 0 Å². The second kappa shape index (κ2) is 5.87. The number of H-pyrrole nitrogens is 1. The molecule has 0 bridgehead atoms. The Morgan fingerprint density at radius 1 is 1.38 bits per heavy atom. The molecular weight excluding hydrogens is 322 g/mol. The van der Waals surface area contributed by atoms with Crippen molar-refractivity contribution in [2.75, 3.05) is 12.3 Å². The van der Waals surface area contributed by atoms with Crippen LogP contribution < -0.4 is 17.0 Å². The number of aromatic amines is 1. The molecule has 24 heavy (non-hydrogen) atoms. The van der Waals surface area contributed by atoms with E-state index in [9.17, 15) is 24.9 Å². The molecule has 3 heterocycles. The standard InChI is InChI=1S/C13H17N5O6/c1-2-3-17-6-9(15-12(14)16-10(6)22)18(13(17)23)11-8(21)7(20)5(4-19)24-11/h2,5,7-8,11,19-21H,1,3-4H2,(H3,14,15,16,22)/t5-,7-,8+,11+/m0/s1. The third-order valence-corrected chi connectivity index (χ3v) is 3.91. The molecule has 0 aromatic carbocycles. The predicted octanol–water partition coefficient (Wildman–Crippen LogP) is -2.73. The molecule has 1 aliphatic heterocycles. The first-order chi connectivity index (χ1) is 11.4. The number of aromatic nitrogens is 4. The van der Waals surface area contributed by atoms with Crippen LogP contribution in [-0.4, -0.2) is 59.3 Å². The van der Waals surface area contributed by atoms with Crippen molar-refractivity contribution in [2.24, 2.45) is 0 Å². The summed E-state index contributed by atoms with van der Waals surface area (Å²) < 4.78 is 7.40. The van der Waals surface area contributed by atoms with Gasteiger partial charge < -0.3 is 25.8 Å². The van der Waals surface area contributed by atoms with Crippen molar-refractivity contribution in [2.45, 2.75) is 31.1 Å². The fraction of sp³-hybridized carbons (Fsp3) is 0.462.